The van der Waals surface area contributed by atoms with Crippen LogP contribution in [0.15, 0.2) is 18.2 Å². The van der Waals surface area contributed by atoms with Gasteiger partial charge in [-0.25, -0.2) is 0 Å². The highest BCUT2D eigenvalue weighted by atomic mass is 35.5. The summed E-state index contributed by atoms with van der Waals surface area (Å²) in [6.45, 7) is 2.95. The van der Waals surface area contributed by atoms with Crippen LogP contribution in [0.3, 0.4) is 0 Å². The molecule has 2 rings (SSSR count). The van der Waals surface area contributed by atoms with Crippen molar-refractivity contribution in [2.75, 3.05) is 6.54 Å². The summed E-state index contributed by atoms with van der Waals surface area (Å²) >= 11 is 0. The number of nitrogens with two attached hydrogens (primary N) is 1. The largest absolute Gasteiger partial charge is 0.508 e. The number of carbonyl (C=O) groups excluding carboxylic acids is 1. The quantitative estimate of drug-likeness (QED) is 0.789. The Bertz CT molecular complexity index is 421. The van der Waals surface area contributed by atoms with Crippen LogP contribution < -0.4 is 5.73 Å². The lowest BCUT2D eigenvalue weighted by Gasteiger charge is -2.30. The minimum atomic E-state index is -0.459. The zero-order valence-corrected chi connectivity index (χ0v) is 10.5. The molecule has 1 aliphatic rings. The number of amides is 1. The molecule has 0 spiro atoms. The number of phenolic OH excluding ortho intramolecular Hbond substituents is 1. The molecule has 1 heterocycles. The number of nitrogens with zero attached hydrogens (tertiary/aromatic N) is 1. The summed E-state index contributed by atoms with van der Waals surface area (Å²) in [7, 11) is 0. The van der Waals surface area contributed by atoms with Crippen LogP contribution in [0, 0.1) is 0 Å². The summed E-state index contributed by atoms with van der Waals surface area (Å²) in [5, 5.41) is 9.39. The molecule has 0 radical (unpaired) electrons. The Morgan fingerprint density at radius 2 is 2.18 bits per heavy atom. The molecule has 5 heteroatoms. The lowest BCUT2D eigenvalue weighted by molar-refractivity contribution is -0.133. The van der Waals surface area contributed by atoms with Gasteiger partial charge >= 0.3 is 0 Å². The van der Waals surface area contributed by atoms with Gasteiger partial charge in [0.25, 0.3) is 0 Å². The van der Waals surface area contributed by atoms with Gasteiger partial charge in [0.1, 0.15) is 5.75 Å². The van der Waals surface area contributed by atoms with Crippen LogP contribution in [0.4, 0.5) is 0 Å². The van der Waals surface area contributed by atoms with Crippen molar-refractivity contribution in [3.8, 4) is 5.75 Å². The molecule has 94 valence electrons. The molecule has 1 aromatic carbocycles. The Labute approximate surface area is 107 Å². The summed E-state index contributed by atoms with van der Waals surface area (Å²) < 4.78 is 0. The van der Waals surface area contributed by atoms with Gasteiger partial charge in [0.15, 0.2) is 0 Å². The van der Waals surface area contributed by atoms with E-state index in [4.69, 9.17) is 5.73 Å². The van der Waals surface area contributed by atoms with Crippen molar-refractivity contribution in [3.05, 3.63) is 29.3 Å². The maximum Gasteiger partial charge on any atom is 0.239 e. The third-order valence-corrected chi connectivity index (χ3v) is 2.90. The normalized spacial score (nSPS) is 15.8. The molecule has 0 bridgehead atoms. The molecule has 1 unspecified atom stereocenters. The molecule has 0 fully saturated rings. The molecule has 1 aromatic rings. The number of hydrogen-bond donors (Lipinski definition) is 2. The number of aromatic hydroxyl groups is 1. The maximum absolute atomic E-state index is 11.7. The topological polar surface area (TPSA) is 66.6 Å². The predicted molar refractivity (Wildman–Crippen MR) is 68.1 cm³/mol. The third-order valence-electron chi connectivity index (χ3n) is 2.90. The van der Waals surface area contributed by atoms with Crippen LogP contribution in [0.25, 0.3) is 0 Å². The Morgan fingerprint density at radius 1 is 1.47 bits per heavy atom. The SMILES string of the molecule is CC(N)C(=O)N1CCc2ccc(O)cc2C1.Cl. The Kier molecular flexibility index (Phi) is 4.37. The van der Waals surface area contributed by atoms with Crippen LogP contribution in [-0.2, 0) is 17.8 Å². The number of fused-ring (bicyclic) bond motifs is 1. The van der Waals surface area contributed by atoms with Gasteiger partial charge in [-0.05, 0) is 36.6 Å². The molecule has 0 aromatic heterocycles. The van der Waals surface area contributed by atoms with Crippen LogP contribution in [-0.4, -0.2) is 28.5 Å². The molecule has 0 saturated carbocycles. The fourth-order valence-corrected chi connectivity index (χ4v) is 2.02. The molecule has 3 N–H and O–H groups in total. The highest BCUT2D eigenvalue weighted by Crippen LogP contribution is 2.23. The van der Waals surface area contributed by atoms with E-state index in [0.29, 0.717) is 13.1 Å². The van der Waals surface area contributed by atoms with Gasteiger partial charge in [-0.15, -0.1) is 12.4 Å². The van der Waals surface area contributed by atoms with E-state index in [2.05, 4.69) is 0 Å². The molecular weight excluding hydrogens is 240 g/mol. The molecular formula is C12H17ClN2O2. The van der Waals surface area contributed by atoms with Crippen molar-refractivity contribution in [2.45, 2.75) is 25.9 Å². The Hall–Kier alpha value is -1.26. The van der Waals surface area contributed by atoms with Crippen molar-refractivity contribution in [1.29, 1.82) is 0 Å². The van der Waals surface area contributed by atoms with Gasteiger partial charge in [-0.3, -0.25) is 4.79 Å². The van der Waals surface area contributed by atoms with Crippen LogP contribution in [0.5, 0.6) is 5.75 Å². The number of benzene rings is 1. The van der Waals surface area contributed by atoms with E-state index >= 15 is 0 Å². The first-order valence-electron chi connectivity index (χ1n) is 5.43. The highest BCUT2D eigenvalue weighted by Gasteiger charge is 2.22. The van der Waals surface area contributed by atoms with Gasteiger partial charge < -0.3 is 15.7 Å². The van der Waals surface area contributed by atoms with Crippen LogP contribution in [0.2, 0.25) is 0 Å². The zero-order valence-electron chi connectivity index (χ0n) is 9.72. The minimum absolute atomic E-state index is 0. The second-order valence-electron chi connectivity index (χ2n) is 4.25. The number of hydrogen-bond acceptors (Lipinski definition) is 3. The number of halogens is 1. The molecule has 1 atom stereocenters. The van der Waals surface area contributed by atoms with E-state index in [1.54, 1.807) is 24.0 Å². The summed E-state index contributed by atoms with van der Waals surface area (Å²) in [4.78, 5) is 13.5. The first-order chi connectivity index (χ1) is 7.58. The van der Waals surface area contributed by atoms with E-state index in [-0.39, 0.29) is 24.1 Å². The molecule has 4 nitrogen and oxygen atoms in total. The van der Waals surface area contributed by atoms with Crippen LogP contribution >= 0.6 is 12.4 Å². The monoisotopic (exact) mass is 256 g/mol. The predicted octanol–water partition coefficient (Wildman–Crippen LogP) is 1.05. The van der Waals surface area contributed by atoms with Gasteiger partial charge in [0.05, 0.1) is 6.04 Å². The molecule has 1 aliphatic heterocycles. The minimum Gasteiger partial charge on any atom is -0.508 e. The average Bonchev–Trinajstić information content (AvgIpc) is 2.26. The van der Waals surface area contributed by atoms with E-state index in [0.717, 1.165) is 12.0 Å². The average molecular weight is 257 g/mol. The number of phenols is 1. The van der Waals surface area contributed by atoms with E-state index in [1.165, 1.54) is 5.56 Å². The van der Waals surface area contributed by atoms with Crippen molar-refractivity contribution in [2.24, 2.45) is 5.73 Å². The molecule has 1 amide bonds. The van der Waals surface area contributed by atoms with Crippen molar-refractivity contribution in [1.82, 2.24) is 4.90 Å². The maximum atomic E-state index is 11.7. The smallest absolute Gasteiger partial charge is 0.239 e. The zero-order chi connectivity index (χ0) is 11.7. The molecule has 0 aliphatic carbocycles. The Morgan fingerprint density at radius 3 is 2.82 bits per heavy atom. The fraction of sp³-hybridized carbons (Fsp3) is 0.417. The van der Waals surface area contributed by atoms with E-state index in [9.17, 15) is 9.90 Å². The molecule has 0 saturated heterocycles. The Balaban J connectivity index is 0.00000144. The second kappa shape index (κ2) is 5.38. The number of rotatable bonds is 1. The summed E-state index contributed by atoms with van der Waals surface area (Å²) in [6, 6.07) is 4.86. The third kappa shape index (κ3) is 2.90. The first-order valence-corrected chi connectivity index (χ1v) is 5.43. The number of carbonyl (C=O) groups is 1. The lowest BCUT2D eigenvalue weighted by Crippen LogP contribution is -2.44. The lowest BCUT2D eigenvalue weighted by atomic mass is 9.99. The standard InChI is InChI=1S/C12H16N2O2.ClH/c1-8(13)12(16)14-5-4-9-2-3-11(15)6-10(9)7-14;/h2-3,6,8,15H,4-5,7,13H2,1H3;1H. The van der Waals surface area contributed by atoms with E-state index in [1.807, 2.05) is 6.07 Å². The second-order valence-corrected chi connectivity index (χ2v) is 4.25. The van der Waals surface area contributed by atoms with Crippen molar-refractivity contribution >= 4 is 18.3 Å². The van der Waals surface area contributed by atoms with E-state index < -0.39 is 6.04 Å². The van der Waals surface area contributed by atoms with Crippen molar-refractivity contribution < 1.29 is 9.90 Å². The fourth-order valence-electron chi connectivity index (χ4n) is 2.02. The van der Waals surface area contributed by atoms with Crippen LogP contribution in [0.1, 0.15) is 18.1 Å². The van der Waals surface area contributed by atoms with Gasteiger partial charge in [-0.2, -0.15) is 0 Å². The summed E-state index contributed by atoms with van der Waals surface area (Å²) in [5.41, 5.74) is 7.79. The highest BCUT2D eigenvalue weighted by molar-refractivity contribution is 5.85. The van der Waals surface area contributed by atoms with Gasteiger partial charge in [-0.1, -0.05) is 6.07 Å². The van der Waals surface area contributed by atoms with Crippen molar-refractivity contribution in [3.63, 3.8) is 0 Å². The van der Waals surface area contributed by atoms with Gasteiger partial charge in [0, 0.05) is 13.1 Å². The molecule has 17 heavy (non-hydrogen) atoms. The summed E-state index contributed by atoms with van der Waals surface area (Å²) in [5.74, 6) is 0.211. The first kappa shape index (κ1) is 13.8. The summed E-state index contributed by atoms with van der Waals surface area (Å²) in [6.07, 6.45) is 0.827. The van der Waals surface area contributed by atoms with Gasteiger partial charge in [0.2, 0.25) is 5.91 Å².